The molecule has 0 bridgehead atoms. The zero-order chi connectivity index (χ0) is 27.7. The maximum absolute atomic E-state index is 12.9. The summed E-state index contributed by atoms with van der Waals surface area (Å²) >= 11 is 0. The number of rotatable bonds is 10. The first-order valence-corrected chi connectivity index (χ1v) is 12.1. The van der Waals surface area contributed by atoms with Crippen LogP contribution in [0.4, 0.5) is 16.2 Å². The molecule has 0 aromatic heterocycles. The molecule has 0 aliphatic carbocycles. The van der Waals surface area contributed by atoms with Crippen molar-refractivity contribution in [2.24, 2.45) is 0 Å². The lowest BCUT2D eigenvalue weighted by molar-refractivity contribution is -0.140. The zero-order valence-corrected chi connectivity index (χ0v) is 22.0. The van der Waals surface area contributed by atoms with Crippen LogP contribution < -0.4 is 15.4 Å². The number of urea groups is 1. The number of aryl methyl sites for hydroxylation is 2. The number of hydrogen-bond donors (Lipinski definition) is 3. The van der Waals surface area contributed by atoms with Gasteiger partial charge in [-0.3, -0.25) is 9.59 Å². The van der Waals surface area contributed by atoms with Gasteiger partial charge >= 0.3 is 12.0 Å². The van der Waals surface area contributed by atoms with Gasteiger partial charge in [0.15, 0.2) is 0 Å². The van der Waals surface area contributed by atoms with Crippen molar-refractivity contribution in [1.29, 1.82) is 0 Å². The fourth-order valence-corrected chi connectivity index (χ4v) is 3.89. The van der Waals surface area contributed by atoms with Crippen molar-refractivity contribution in [2.75, 3.05) is 31.9 Å². The Bertz CT molecular complexity index is 1310. The van der Waals surface area contributed by atoms with Crippen LogP contribution in [0, 0.1) is 6.92 Å². The third-order valence-electron chi connectivity index (χ3n) is 6.08. The van der Waals surface area contributed by atoms with Gasteiger partial charge in [0.2, 0.25) is 5.91 Å². The number of ether oxygens (including phenoxy) is 2. The van der Waals surface area contributed by atoms with Gasteiger partial charge in [-0.05, 0) is 59.9 Å². The zero-order valence-electron chi connectivity index (χ0n) is 22.0. The van der Waals surface area contributed by atoms with E-state index >= 15 is 0 Å². The van der Waals surface area contributed by atoms with Crippen molar-refractivity contribution < 1.29 is 29.0 Å². The summed E-state index contributed by atoms with van der Waals surface area (Å²) < 4.78 is 10.1. The Morgan fingerprint density at radius 1 is 0.921 bits per heavy atom. The number of carbonyl (C=O) groups is 3. The van der Waals surface area contributed by atoms with E-state index in [1.54, 1.807) is 48.3 Å². The van der Waals surface area contributed by atoms with E-state index in [0.717, 1.165) is 16.7 Å². The summed E-state index contributed by atoms with van der Waals surface area (Å²) in [7, 11) is 4.52. The van der Waals surface area contributed by atoms with Gasteiger partial charge in [-0.15, -0.1) is 0 Å². The van der Waals surface area contributed by atoms with Gasteiger partial charge < -0.3 is 30.1 Å². The lowest BCUT2D eigenvalue weighted by Gasteiger charge is -2.19. The normalized spacial score (nSPS) is 10.4. The van der Waals surface area contributed by atoms with Crippen LogP contribution in [0.3, 0.4) is 0 Å². The van der Waals surface area contributed by atoms with Crippen molar-refractivity contribution in [1.82, 2.24) is 4.90 Å². The second-order valence-electron chi connectivity index (χ2n) is 8.89. The molecule has 3 aromatic carbocycles. The van der Waals surface area contributed by atoms with Crippen LogP contribution in [0.2, 0.25) is 0 Å². The number of hydrogen-bond acceptors (Lipinski definition) is 6. The number of esters is 1. The van der Waals surface area contributed by atoms with Crippen molar-refractivity contribution in [3.8, 4) is 11.5 Å². The van der Waals surface area contributed by atoms with Gasteiger partial charge in [0.1, 0.15) is 11.5 Å². The Balaban J connectivity index is 1.61. The van der Waals surface area contributed by atoms with Gasteiger partial charge in [-0.1, -0.05) is 36.4 Å². The summed E-state index contributed by atoms with van der Waals surface area (Å²) in [6.07, 6.45) is 0.630. The highest BCUT2D eigenvalue weighted by Crippen LogP contribution is 2.27. The second-order valence-corrected chi connectivity index (χ2v) is 8.89. The van der Waals surface area contributed by atoms with Gasteiger partial charge in [0.25, 0.3) is 0 Å². The van der Waals surface area contributed by atoms with Gasteiger partial charge in [0.05, 0.1) is 26.3 Å². The first-order chi connectivity index (χ1) is 18.2. The van der Waals surface area contributed by atoms with Crippen LogP contribution in [-0.4, -0.2) is 49.2 Å². The van der Waals surface area contributed by atoms with Gasteiger partial charge in [-0.2, -0.15) is 0 Å². The molecule has 0 saturated heterocycles. The molecule has 9 nitrogen and oxygen atoms in total. The molecular weight excluding hydrogens is 486 g/mol. The molecule has 3 aromatic rings. The average Bonchev–Trinajstić information content (AvgIpc) is 2.90. The SMILES string of the molecule is COC(=O)CCc1cc(CN(C)C(=O)Cc2ccc(NC(=O)Nc3ccccc3C)c(OC)c2)ccc1O. The molecule has 0 heterocycles. The molecule has 0 saturated carbocycles. The summed E-state index contributed by atoms with van der Waals surface area (Å²) in [5.41, 5.74) is 4.30. The molecule has 0 aliphatic rings. The molecule has 0 spiro atoms. The molecule has 200 valence electrons. The monoisotopic (exact) mass is 519 g/mol. The summed E-state index contributed by atoms with van der Waals surface area (Å²) in [5, 5.41) is 15.7. The summed E-state index contributed by atoms with van der Waals surface area (Å²) in [5.74, 6) is 0.0617. The summed E-state index contributed by atoms with van der Waals surface area (Å²) in [6, 6.07) is 17.3. The standard InChI is InChI=1S/C29H33N3O6/c1-19-7-5-6-8-23(19)30-29(36)31-24-12-9-20(16-26(24)37-3)17-27(34)32(2)18-21-10-13-25(33)22(15-21)11-14-28(35)38-4/h5-10,12-13,15-16,33H,11,14,17-18H2,1-4H3,(H2,30,31,36). The lowest BCUT2D eigenvalue weighted by atomic mass is 10.0. The van der Waals surface area contributed by atoms with E-state index in [4.69, 9.17) is 4.74 Å². The lowest BCUT2D eigenvalue weighted by Crippen LogP contribution is -2.27. The number of para-hydroxylation sites is 1. The van der Waals surface area contributed by atoms with Crippen LogP contribution >= 0.6 is 0 Å². The van der Waals surface area contributed by atoms with Crippen molar-refractivity contribution >= 4 is 29.3 Å². The number of methoxy groups -OCH3 is 2. The molecule has 3 amide bonds. The van der Waals surface area contributed by atoms with Gasteiger partial charge in [0, 0.05) is 25.7 Å². The van der Waals surface area contributed by atoms with Crippen molar-refractivity contribution in [3.05, 3.63) is 82.9 Å². The highest BCUT2D eigenvalue weighted by Gasteiger charge is 2.15. The smallest absolute Gasteiger partial charge is 0.323 e. The fraction of sp³-hybridized carbons (Fsp3) is 0.276. The Morgan fingerprint density at radius 3 is 2.34 bits per heavy atom. The minimum atomic E-state index is -0.402. The predicted octanol–water partition coefficient (Wildman–Crippen LogP) is 4.66. The number of nitrogens with zero attached hydrogens (tertiary/aromatic N) is 1. The van der Waals surface area contributed by atoms with E-state index in [2.05, 4.69) is 15.4 Å². The minimum absolute atomic E-state index is 0.0972. The van der Waals surface area contributed by atoms with Crippen LogP contribution in [-0.2, 0) is 33.7 Å². The topological polar surface area (TPSA) is 117 Å². The van der Waals surface area contributed by atoms with Gasteiger partial charge in [-0.25, -0.2) is 4.79 Å². The average molecular weight is 520 g/mol. The molecule has 3 N–H and O–H groups in total. The van der Waals surface area contributed by atoms with E-state index in [9.17, 15) is 19.5 Å². The second kappa shape index (κ2) is 13.1. The largest absolute Gasteiger partial charge is 0.508 e. The van der Waals surface area contributed by atoms with Crippen LogP contribution in [0.1, 0.15) is 28.7 Å². The number of amides is 3. The molecule has 0 radical (unpaired) electrons. The number of carbonyl (C=O) groups excluding carboxylic acids is 3. The molecule has 0 aliphatic heterocycles. The van der Waals surface area contributed by atoms with Crippen LogP contribution in [0.25, 0.3) is 0 Å². The number of nitrogens with one attached hydrogen (secondary N) is 2. The summed E-state index contributed by atoms with van der Waals surface area (Å²) in [6.45, 7) is 2.24. The number of phenols is 1. The highest BCUT2D eigenvalue weighted by molar-refractivity contribution is 6.01. The molecule has 9 heteroatoms. The molecule has 3 rings (SSSR count). The van der Waals surface area contributed by atoms with Crippen LogP contribution in [0.15, 0.2) is 60.7 Å². The first-order valence-electron chi connectivity index (χ1n) is 12.1. The Labute approximate surface area is 222 Å². The fourth-order valence-electron chi connectivity index (χ4n) is 3.89. The van der Waals surface area contributed by atoms with Crippen molar-refractivity contribution in [3.63, 3.8) is 0 Å². The minimum Gasteiger partial charge on any atom is -0.508 e. The van der Waals surface area contributed by atoms with E-state index < -0.39 is 6.03 Å². The van der Waals surface area contributed by atoms with E-state index in [1.165, 1.54) is 14.2 Å². The number of aromatic hydroxyl groups is 1. The first kappa shape index (κ1) is 28.0. The molecular formula is C29H33N3O6. The van der Waals surface area contributed by atoms with E-state index in [0.29, 0.717) is 35.7 Å². The number of likely N-dealkylation sites (N-methyl/N-ethyl adjacent to an activating group) is 1. The van der Waals surface area contributed by atoms with E-state index in [-0.39, 0.29) is 30.5 Å². The maximum Gasteiger partial charge on any atom is 0.323 e. The third-order valence-corrected chi connectivity index (χ3v) is 6.08. The number of anilines is 2. The maximum atomic E-state index is 12.9. The quantitative estimate of drug-likeness (QED) is 0.336. The molecule has 0 atom stereocenters. The predicted molar refractivity (Wildman–Crippen MR) is 145 cm³/mol. The van der Waals surface area contributed by atoms with E-state index in [1.807, 2.05) is 31.2 Å². The molecule has 0 fully saturated rings. The highest BCUT2D eigenvalue weighted by atomic mass is 16.5. The number of benzene rings is 3. The third kappa shape index (κ3) is 7.73. The molecule has 38 heavy (non-hydrogen) atoms. The molecule has 0 unspecified atom stereocenters. The van der Waals surface area contributed by atoms with Crippen LogP contribution in [0.5, 0.6) is 11.5 Å². The summed E-state index contributed by atoms with van der Waals surface area (Å²) in [4.78, 5) is 38.4. The Morgan fingerprint density at radius 2 is 1.63 bits per heavy atom. The Kier molecular flexibility index (Phi) is 9.70. The van der Waals surface area contributed by atoms with Crippen molar-refractivity contribution in [2.45, 2.75) is 32.7 Å². The Hall–Kier alpha value is -4.53. The number of phenolic OH excluding ortho intramolecular Hbond substituents is 1.